The van der Waals surface area contributed by atoms with Gasteiger partial charge in [0.1, 0.15) is 0 Å². The second kappa shape index (κ2) is 6.45. The zero-order valence-electron chi connectivity index (χ0n) is 11.1. The van der Waals surface area contributed by atoms with Gasteiger partial charge in [-0.25, -0.2) is 13.6 Å². The summed E-state index contributed by atoms with van der Waals surface area (Å²) in [5.74, 6) is 2.85. The van der Waals surface area contributed by atoms with E-state index in [0.29, 0.717) is 25.3 Å². The Kier molecular flexibility index (Phi) is 5.14. The first-order chi connectivity index (χ1) is 8.97. The van der Waals surface area contributed by atoms with E-state index in [0.717, 1.165) is 30.8 Å². The van der Waals surface area contributed by atoms with E-state index in [4.69, 9.17) is 5.14 Å². The van der Waals surface area contributed by atoms with Crippen LogP contribution in [0.15, 0.2) is 0 Å². The van der Waals surface area contributed by atoms with Gasteiger partial charge in [-0.2, -0.15) is 11.8 Å². The molecule has 0 aromatic heterocycles. The van der Waals surface area contributed by atoms with Crippen molar-refractivity contribution in [1.29, 1.82) is 0 Å². The second-order valence-electron chi connectivity index (χ2n) is 5.45. The average molecular weight is 306 g/mol. The molecule has 0 bridgehead atoms. The van der Waals surface area contributed by atoms with Crippen LogP contribution in [-0.4, -0.2) is 49.1 Å². The SMILES string of the molecule is NS(=O)(=O)C1CCCN(C(=O)CC2CCSCC2)C1. The van der Waals surface area contributed by atoms with E-state index in [1.165, 1.54) is 0 Å². The highest BCUT2D eigenvalue weighted by molar-refractivity contribution is 7.99. The molecular weight excluding hydrogens is 284 g/mol. The Labute approximate surface area is 119 Å². The number of thioether (sulfide) groups is 1. The van der Waals surface area contributed by atoms with Gasteiger partial charge in [-0.05, 0) is 43.1 Å². The van der Waals surface area contributed by atoms with Gasteiger partial charge in [0.05, 0.1) is 5.25 Å². The van der Waals surface area contributed by atoms with Gasteiger partial charge in [0.25, 0.3) is 0 Å². The lowest BCUT2D eigenvalue weighted by Crippen LogP contribution is -2.47. The van der Waals surface area contributed by atoms with Gasteiger partial charge in [0, 0.05) is 19.5 Å². The monoisotopic (exact) mass is 306 g/mol. The Hall–Kier alpha value is -0.270. The van der Waals surface area contributed by atoms with Crippen LogP contribution in [0.25, 0.3) is 0 Å². The zero-order valence-corrected chi connectivity index (χ0v) is 12.7. The molecule has 2 N–H and O–H groups in total. The van der Waals surface area contributed by atoms with Gasteiger partial charge in [-0.15, -0.1) is 0 Å². The van der Waals surface area contributed by atoms with Crippen molar-refractivity contribution in [2.45, 2.75) is 37.4 Å². The van der Waals surface area contributed by atoms with Gasteiger partial charge >= 0.3 is 0 Å². The van der Waals surface area contributed by atoms with Gasteiger partial charge in [-0.1, -0.05) is 0 Å². The maximum atomic E-state index is 12.2. The van der Waals surface area contributed by atoms with Crippen LogP contribution < -0.4 is 5.14 Å². The molecule has 2 heterocycles. The number of rotatable bonds is 3. The fourth-order valence-electron chi connectivity index (χ4n) is 2.76. The van der Waals surface area contributed by atoms with Crippen LogP contribution in [0.4, 0.5) is 0 Å². The lowest BCUT2D eigenvalue weighted by atomic mass is 9.97. The van der Waals surface area contributed by atoms with Crippen LogP contribution in [0.5, 0.6) is 0 Å². The fourth-order valence-corrected chi connectivity index (χ4v) is 4.85. The normalized spacial score (nSPS) is 26.4. The Morgan fingerprint density at radius 1 is 1.26 bits per heavy atom. The van der Waals surface area contributed by atoms with E-state index >= 15 is 0 Å². The number of primary sulfonamides is 1. The minimum absolute atomic E-state index is 0.102. The zero-order chi connectivity index (χ0) is 13.9. The maximum absolute atomic E-state index is 12.2. The highest BCUT2D eigenvalue weighted by Gasteiger charge is 2.31. The number of nitrogens with two attached hydrogens (primary N) is 1. The van der Waals surface area contributed by atoms with Crippen molar-refractivity contribution in [2.24, 2.45) is 11.1 Å². The van der Waals surface area contributed by atoms with Crippen LogP contribution in [0.1, 0.15) is 32.1 Å². The summed E-state index contributed by atoms with van der Waals surface area (Å²) in [6.45, 7) is 0.950. The third-order valence-corrected chi connectivity index (χ3v) is 6.36. The predicted molar refractivity (Wildman–Crippen MR) is 77.4 cm³/mol. The standard InChI is InChI=1S/C12H22N2O3S2/c13-19(16,17)11-2-1-5-14(9-11)12(15)8-10-3-6-18-7-4-10/h10-11H,1-9H2,(H2,13,16,17). The molecule has 0 spiro atoms. The van der Waals surface area contributed by atoms with Gasteiger partial charge < -0.3 is 4.90 Å². The molecule has 2 fully saturated rings. The van der Waals surface area contributed by atoms with Crippen molar-refractivity contribution in [3.63, 3.8) is 0 Å². The maximum Gasteiger partial charge on any atom is 0.222 e. The molecule has 5 nitrogen and oxygen atoms in total. The molecule has 19 heavy (non-hydrogen) atoms. The summed E-state index contributed by atoms with van der Waals surface area (Å²) < 4.78 is 22.8. The third-order valence-electron chi connectivity index (χ3n) is 4.00. The summed E-state index contributed by atoms with van der Waals surface area (Å²) in [4.78, 5) is 13.9. The van der Waals surface area contributed by atoms with Crippen LogP contribution in [0.3, 0.4) is 0 Å². The van der Waals surface area contributed by atoms with Crippen LogP contribution in [0, 0.1) is 5.92 Å². The minimum atomic E-state index is -3.52. The number of nitrogens with zero attached hydrogens (tertiary/aromatic N) is 1. The van der Waals surface area contributed by atoms with E-state index in [1.54, 1.807) is 4.90 Å². The number of piperidine rings is 1. The Bertz CT molecular complexity index is 419. The molecule has 0 radical (unpaired) electrons. The molecular formula is C12H22N2O3S2. The molecule has 2 rings (SSSR count). The highest BCUT2D eigenvalue weighted by Crippen LogP contribution is 2.26. The summed E-state index contributed by atoms with van der Waals surface area (Å²) in [7, 11) is -3.52. The summed E-state index contributed by atoms with van der Waals surface area (Å²) in [5, 5.41) is 4.61. The van der Waals surface area contributed by atoms with Crippen molar-refractivity contribution in [2.75, 3.05) is 24.6 Å². The predicted octanol–water partition coefficient (Wildman–Crippen LogP) is 0.799. The van der Waals surface area contributed by atoms with E-state index in [1.807, 2.05) is 11.8 Å². The third kappa shape index (κ3) is 4.36. The van der Waals surface area contributed by atoms with Crippen molar-refractivity contribution in [3.05, 3.63) is 0 Å². The molecule has 0 aromatic rings. The average Bonchev–Trinajstić information content (AvgIpc) is 2.39. The lowest BCUT2D eigenvalue weighted by Gasteiger charge is -2.33. The van der Waals surface area contributed by atoms with Crippen molar-refractivity contribution in [3.8, 4) is 0 Å². The minimum Gasteiger partial charge on any atom is -0.341 e. The molecule has 2 aliphatic rings. The summed E-state index contributed by atoms with van der Waals surface area (Å²) in [6, 6.07) is 0. The summed E-state index contributed by atoms with van der Waals surface area (Å²) in [6.07, 6.45) is 4.07. The van der Waals surface area contributed by atoms with Crippen molar-refractivity contribution in [1.82, 2.24) is 4.90 Å². The largest absolute Gasteiger partial charge is 0.341 e. The first-order valence-electron chi connectivity index (χ1n) is 6.84. The molecule has 1 atom stereocenters. The van der Waals surface area contributed by atoms with Crippen LogP contribution in [-0.2, 0) is 14.8 Å². The Balaban J connectivity index is 1.88. The highest BCUT2D eigenvalue weighted by atomic mass is 32.2. The number of sulfonamides is 1. The molecule has 0 aliphatic carbocycles. The number of carbonyl (C=O) groups excluding carboxylic acids is 1. The van der Waals surface area contributed by atoms with Crippen LogP contribution >= 0.6 is 11.8 Å². The van der Waals surface area contributed by atoms with Crippen molar-refractivity contribution >= 4 is 27.7 Å². The number of likely N-dealkylation sites (tertiary alicyclic amines) is 1. The molecule has 7 heteroatoms. The summed E-state index contributed by atoms with van der Waals surface area (Å²) in [5.41, 5.74) is 0. The van der Waals surface area contributed by atoms with E-state index in [2.05, 4.69) is 0 Å². The number of hydrogen-bond donors (Lipinski definition) is 1. The first-order valence-corrected chi connectivity index (χ1v) is 9.60. The fraction of sp³-hybridized carbons (Fsp3) is 0.917. The molecule has 2 saturated heterocycles. The molecule has 0 aromatic carbocycles. The topological polar surface area (TPSA) is 80.5 Å². The van der Waals surface area contributed by atoms with E-state index < -0.39 is 15.3 Å². The molecule has 1 unspecified atom stereocenters. The lowest BCUT2D eigenvalue weighted by molar-refractivity contribution is -0.133. The molecule has 1 amide bonds. The second-order valence-corrected chi connectivity index (χ2v) is 8.52. The smallest absolute Gasteiger partial charge is 0.222 e. The van der Waals surface area contributed by atoms with E-state index in [9.17, 15) is 13.2 Å². The first kappa shape index (κ1) is 15.1. The Morgan fingerprint density at radius 2 is 1.95 bits per heavy atom. The van der Waals surface area contributed by atoms with Crippen LogP contribution in [0.2, 0.25) is 0 Å². The van der Waals surface area contributed by atoms with Crippen molar-refractivity contribution < 1.29 is 13.2 Å². The summed E-state index contributed by atoms with van der Waals surface area (Å²) >= 11 is 1.94. The van der Waals surface area contributed by atoms with E-state index in [-0.39, 0.29) is 12.5 Å². The molecule has 110 valence electrons. The number of carbonyl (C=O) groups is 1. The van der Waals surface area contributed by atoms with Gasteiger partial charge in [0.15, 0.2) is 0 Å². The van der Waals surface area contributed by atoms with Gasteiger partial charge in [0.2, 0.25) is 15.9 Å². The number of amides is 1. The quantitative estimate of drug-likeness (QED) is 0.836. The number of hydrogen-bond acceptors (Lipinski definition) is 4. The molecule has 2 aliphatic heterocycles. The molecule has 0 saturated carbocycles. The Morgan fingerprint density at radius 3 is 2.58 bits per heavy atom. The van der Waals surface area contributed by atoms with Gasteiger partial charge in [-0.3, -0.25) is 4.79 Å².